The van der Waals surface area contributed by atoms with Crippen LogP contribution in [0.3, 0.4) is 0 Å². The third-order valence-electron chi connectivity index (χ3n) is 4.41. The van der Waals surface area contributed by atoms with Crippen molar-refractivity contribution in [3.63, 3.8) is 0 Å². The normalized spacial score (nSPS) is 11.5. The van der Waals surface area contributed by atoms with Crippen LogP contribution in [0.25, 0.3) is 0 Å². The summed E-state index contributed by atoms with van der Waals surface area (Å²) in [5, 5.41) is 2.99. The Balaban J connectivity index is 1.56. The molecule has 5 heteroatoms. The number of carbonyl (C=O) groups is 1. The first kappa shape index (κ1) is 19.4. The van der Waals surface area contributed by atoms with Gasteiger partial charge in [-0.3, -0.25) is 9.78 Å². The van der Waals surface area contributed by atoms with Crippen LogP contribution in [0.2, 0.25) is 0 Å². The molecule has 0 aliphatic heterocycles. The Labute approximate surface area is 165 Å². The Morgan fingerprint density at radius 3 is 2.43 bits per heavy atom. The van der Waals surface area contributed by atoms with Gasteiger partial charge in [-0.15, -0.1) is 0 Å². The number of methoxy groups -OCH3 is 1. The number of pyridine rings is 1. The molecule has 28 heavy (non-hydrogen) atoms. The SMILES string of the molecule is COc1ccc(OCCNC(=O)C(Cc2cccnc2)c2ccccc2)cc1. The molecule has 3 rings (SSSR count). The molecule has 0 spiro atoms. The fourth-order valence-electron chi connectivity index (χ4n) is 2.94. The number of carbonyl (C=O) groups excluding carboxylic acids is 1. The van der Waals surface area contributed by atoms with Crippen molar-refractivity contribution in [3.8, 4) is 11.5 Å². The number of aromatic nitrogens is 1. The minimum Gasteiger partial charge on any atom is -0.497 e. The molecule has 0 aliphatic rings. The van der Waals surface area contributed by atoms with Gasteiger partial charge in [0.05, 0.1) is 19.6 Å². The van der Waals surface area contributed by atoms with Crippen LogP contribution >= 0.6 is 0 Å². The summed E-state index contributed by atoms with van der Waals surface area (Å²) in [5.41, 5.74) is 2.01. The average molecular weight is 376 g/mol. The molecule has 3 aromatic rings. The highest BCUT2D eigenvalue weighted by atomic mass is 16.5. The first-order chi connectivity index (χ1) is 13.8. The van der Waals surface area contributed by atoms with E-state index in [0.717, 1.165) is 22.6 Å². The lowest BCUT2D eigenvalue weighted by atomic mass is 9.92. The Morgan fingerprint density at radius 2 is 1.75 bits per heavy atom. The highest BCUT2D eigenvalue weighted by molar-refractivity contribution is 5.84. The molecule has 1 amide bonds. The highest BCUT2D eigenvalue weighted by Gasteiger charge is 2.20. The summed E-state index contributed by atoms with van der Waals surface area (Å²) in [5.74, 6) is 1.23. The second-order valence-corrected chi connectivity index (χ2v) is 6.34. The lowest BCUT2D eigenvalue weighted by molar-refractivity contribution is -0.122. The summed E-state index contributed by atoms with van der Waals surface area (Å²) < 4.78 is 10.8. The highest BCUT2D eigenvalue weighted by Crippen LogP contribution is 2.21. The molecule has 0 bridgehead atoms. The molecular formula is C23H24N2O3. The van der Waals surface area contributed by atoms with E-state index >= 15 is 0 Å². The van der Waals surface area contributed by atoms with Crippen molar-refractivity contribution in [1.29, 1.82) is 0 Å². The molecule has 0 fully saturated rings. The molecule has 0 radical (unpaired) electrons. The van der Waals surface area contributed by atoms with E-state index in [4.69, 9.17) is 9.47 Å². The van der Waals surface area contributed by atoms with Gasteiger partial charge in [-0.1, -0.05) is 36.4 Å². The Morgan fingerprint density at radius 1 is 1.00 bits per heavy atom. The van der Waals surface area contributed by atoms with Crippen LogP contribution in [-0.2, 0) is 11.2 Å². The fraction of sp³-hybridized carbons (Fsp3) is 0.217. The number of hydrogen-bond donors (Lipinski definition) is 1. The van der Waals surface area contributed by atoms with Crippen LogP contribution in [0.1, 0.15) is 17.0 Å². The largest absolute Gasteiger partial charge is 0.497 e. The van der Waals surface area contributed by atoms with Crippen molar-refractivity contribution < 1.29 is 14.3 Å². The third kappa shape index (κ3) is 5.58. The van der Waals surface area contributed by atoms with E-state index in [1.807, 2.05) is 66.7 Å². The zero-order valence-corrected chi connectivity index (χ0v) is 15.9. The molecule has 0 saturated carbocycles. The van der Waals surface area contributed by atoms with Crippen LogP contribution in [0.5, 0.6) is 11.5 Å². The van der Waals surface area contributed by atoms with Crippen molar-refractivity contribution in [2.24, 2.45) is 0 Å². The standard InChI is InChI=1S/C23H24N2O3/c1-27-20-9-11-21(12-10-20)28-15-14-25-23(26)22(19-7-3-2-4-8-19)16-18-6-5-13-24-17-18/h2-13,17,22H,14-16H2,1H3,(H,25,26). The quantitative estimate of drug-likeness (QED) is 0.580. The zero-order valence-electron chi connectivity index (χ0n) is 15.9. The summed E-state index contributed by atoms with van der Waals surface area (Å²) >= 11 is 0. The molecule has 1 atom stereocenters. The van der Waals surface area contributed by atoms with Gasteiger partial charge in [0.15, 0.2) is 0 Å². The molecule has 144 valence electrons. The predicted molar refractivity (Wildman–Crippen MR) is 109 cm³/mol. The van der Waals surface area contributed by atoms with Gasteiger partial charge < -0.3 is 14.8 Å². The number of ether oxygens (including phenoxy) is 2. The average Bonchev–Trinajstić information content (AvgIpc) is 2.76. The van der Waals surface area contributed by atoms with Gasteiger partial charge in [-0.05, 0) is 47.9 Å². The number of nitrogens with one attached hydrogen (secondary N) is 1. The number of amides is 1. The van der Waals surface area contributed by atoms with Crippen LogP contribution in [0, 0.1) is 0 Å². The van der Waals surface area contributed by atoms with Crippen LogP contribution in [0.15, 0.2) is 79.1 Å². The van der Waals surface area contributed by atoms with Crippen molar-refractivity contribution in [1.82, 2.24) is 10.3 Å². The Hall–Kier alpha value is -3.34. The van der Waals surface area contributed by atoms with E-state index in [9.17, 15) is 4.79 Å². The van der Waals surface area contributed by atoms with E-state index < -0.39 is 0 Å². The van der Waals surface area contributed by atoms with Crippen molar-refractivity contribution in [3.05, 3.63) is 90.3 Å². The van der Waals surface area contributed by atoms with Crippen molar-refractivity contribution in [2.45, 2.75) is 12.3 Å². The van der Waals surface area contributed by atoms with E-state index in [0.29, 0.717) is 19.6 Å². The summed E-state index contributed by atoms with van der Waals surface area (Å²) in [6.07, 6.45) is 4.14. The Kier molecular flexibility index (Phi) is 7.01. The first-order valence-electron chi connectivity index (χ1n) is 9.24. The molecule has 1 heterocycles. The van der Waals surface area contributed by atoms with E-state index in [1.54, 1.807) is 19.5 Å². The van der Waals surface area contributed by atoms with Gasteiger partial charge in [0, 0.05) is 12.4 Å². The minimum atomic E-state index is -0.272. The van der Waals surface area contributed by atoms with Gasteiger partial charge in [-0.25, -0.2) is 0 Å². The molecule has 0 saturated heterocycles. The van der Waals surface area contributed by atoms with E-state index in [1.165, 1.54) is 0 Å². The minimum absolute atomic E-state index is 0.0200. The predicted octanol–water partition coefficient (Wildman–Crippen LogP) is 3.61. The van der Waals surface area contributed by atoms with Gasteiger partial charge in [0.25, 0.3) is 0 Å². The molecule has 0 aliphatic carbocycles. The lowest BCUT2D eigenvalue weighted by Gasteiger charge is -2.17. The second kappa shape index (κ2) is 10.1. The third-order valence-corrected chi connectivity index (χ3v) is 4.41. The molecule has 1 unspecified atom stereocenters. The molecule has 5 nitrogen and oxygen atoms in total. The molecular weight excluding hydrogens is 352 g/mol. The summed E-state index contributed by atoms with van der Waals surface area (Å²) in [7, 11) is 1.63. The number of benzene rings is 2. The van der Waals surface area contributed by atoms with Crippen molar-refractivity contribution in [2.75, 3.05) is 20.3 Å². The van der Waals surface area contributed by atoms with E-state index in [2.05, 4.69) is 10.3 Å². The summed E-state index contributed by atoms with van der Waals surface area (Å²) in [6.45, 7) is 0.827. The van der Waals surface area contributed by atoms with Gasteiger partial charge >= 0.3 is 0 Å². The number of nitrogens with zero attached hydrogens (tertiary/aromatic N) is 1. The number of hydrogen-bond acceptors (Lipinski definition) is 4. The number of rotatable bonds is 9. The van der Waals surface area contributed by atoms with E-state index in [-0.39, 0.29) is 11.8 Å². The summed E-state index contributed by atoms with van der Waals surface area (Å²) in [4.78, 5) is 17.0. The first-order valence-corrected chi connectivity index (χ1v) is 9.24. The van der Waals surface area contributed by atoms with Crippen LogP contribution in [-0.4, -0.2) is 31.2 Å². The van der Waals surface area contributed by atoms with Gasteiger partial charge in [0.2, 0.25) is 5.91 Å². The summed E-state index contributed by atoms with van der Waals surface area (Å²) in [6, 6.07) is 21.1. The second-order valence-electron chi connectivity index (χ2n) is 6.34. The van der Waals surface area contributed by atoms with Gasteiger partial charge in [-0.2, -0.15) is 0 Å². The molecule has 1 N–H and O–H groups in total. The maximum Gasteiger partial charge on any atom is 0.228 e. The zero-order chi connectivity index (χ0) is 19.6. The lowest BCUT2D eigenvalue weighted by Crippen LogP contribution is -2.33. The molecule has 2 aromatic carbocycles. The topological polar surface area (TPSA) is 60.5 Å². The maximum absolute atomic E-state index is 12.8. The Bertz CT molecular complexity index is 852. The molecule has 1 aromatic heterocycles. The maximum atomic E-state index is 12.8. The monoisotopic (exact) mass is 376 g/mol. The van der Waals surface area contributed by atoms with Gasteiger partial charge in [0.1, 0.15) is 18.1 Å². The fourth-order valence-corrected chi connectivity index (χ4v) is 2.94. The smallest absolute Gasteiger partial charge is 0.228 e. The van der Waals surface area contributed by atoms with Crippen LogP contribution in [0.4, 0.5) is 0 Å². The van der Waals surface area contributed by atoms with Crippen LogP contribution < -0.4 is 14.8 Å². The van der Waals surface area contributed by atoms with Crippen molar-refractivity contribution >= 4 is 5.91 Å².